The minimum Gasteiger partial charge on any atom is -0.504 e. The van der Waals surface area contributed by atoms with Crippen molar-refractivity contribution in [2.24, 2.45) is 0 Å². The number of hydrogen-bond acceptors (Lipinski definition) is 5. The third-order valence-electron chi connectivity index (χ3n) is 3.56. The molecule has 0 saturated heterocycles. The molecule has 1 aromatic heterocycles. The number of carbonyl (C=O) groups excluding carboxylic acids is 1. The summed E-state index contributed by atoms with van der Waals surface area (Å²) >= 11 is 0. The van der Waals surface area contributed by atoms with Crippen molar-refractivity contribution in [1.82, 2.24) is 10.2 Å². The van der Waals surface area contributed by atoms with E-state index < -0.39 is 11.9 Å². The molecule has 3 N–H and O–H groups in total. The molecule has 22 heavy (non-hydrogen) atoms. The smallest absolute Gasteiger partial charge is 0.306 e. The van der Waals surface area contributed by atoms with Crippen molar-refractivity contribution in [2.45, 2.75) is 19.3 Å². The van der Waals surface area contributed by atoms with Gasteiger partial charge in [-0.3, -0.25) is 14.7 Å². The number of esters is 1. The molecular weight excluding hydrogens is 288 g/mol. The summed E-state index contributed by atoms with van der Waals surface area (Å²) in [7, 11) is 2.74. The number of rotatable bonds is 5. The minimum atomic E-state index is -0.528. The van der Waals surface area contributed by atoms with Gasteiger partial charge < -0.3 is 19.7 Å². The summed E-state index contributed by atoms with van der Waals surface area (Å²) in [5, 5.41) is 15.2. The highest BCUT2D eigenvalue weighted by Crippen LogP contribution is 2.34. The Morgan fingerprint density at radius 2 is 2.05 bits per heavy atom. The SMILES string of the molecule is COC(=O)CC(c1ccc(OC)c(O)c1)c1c(C)[nH][nH]c1=O. The number of phenols is 1. The van der Waals surface area contributed by atoms with Gasteiger partial charge in [0.2, 0.25) is 0 Å². The van der Waals surface area contributed by atoms with E-state index in [9.17, 15) is 14.7 Å². The van der Waals surface area contributed by atoms with Crippen molar-refractivity contribution in [3.8, 4) is 11.5 Å². The monoisotopic (exact) mass is 306 g/mol. The van der Waals surface area contributed by atoms with Gasteiger partial charge in [0.1, 0.15) is 0 Å². The molecule has 1 atom stereocenters. The molecule has 0 saturated carbocycles. The van der Waals surface area contributed by atoms with E-state index in [1.54, 1.807) is 19.1 Å². The van der Waals surface area contributed by atoms with E-state index in [0.717, 1.165) is 0 Å². The lowest BCUT2D eigenvalue weighted by Gasteiger charge is -2.16. The number of hydrogen-bond donors (Lipinski definition) is 3. The van der Waals surface area contributed by atoms with Gasteiger partial charge in [-0.15, -0.1) is 0 Å². The van der Waals surface area contributed by atoms with E-state index in [1.807, 2.05) is 0 Å². The van der Waals surface area contributed by atoms with Gasteiger partial charge in [-0.1, -0.05) is 6.07 Å². The van der Waals surface area contributed by atoms with Crippen LogP contribution < -0.4 is 10.3 Å². The van der Waals surface area contributed by atoms with Crippen LogP contribution in [0.4, 0.5) is 0 Å². The van der Waals surface area contributed by atoms with Crippen LogP contribution in [-0.2, 0) is 9.53 Å². The predicted molar refractivity (Wildman–Crippen MR) is 79.3 cm³/mol. The van der Waals surface area contributed by atoms with E-state index in [0.29, 0.717) is 22.6 Å². The molecule has 0 aliphatic carbocycles. The summed E-state index contributed by atoms with van der Waals surface area (Å²) in [6.45, 7) is 1.74. The average Bonchev–Trinajstić information content (AvgIpc) is 2.83. The Morgan fingerprint density at radius 1 is 1.32 bits per heavy atom. The number of methoxy groups -OCH3 is 2. The fourth-order valence-corrected chi connectivity index (χ4v) is 2.44. The summed E-state index contributed by atoms with van der Waals surface area (Å²) < 4.78 is 9.71. The number of aromatic nitrogens is 2. The van der Waals surface area contributed by atoms with Gasteiger partial charge in [0.05, 0.1) is 20.6 Å². The molecule has 0 spiro atoms. The second-order valence-corrected chi connectivity index (χ2v) is 4.88. The number of aryl methyl sites for hydroxylation is 1. The van der Waals surface area contributed by atoms with Gasteiger partial charge in [-0.05, 0) is 24.6 Å². The van der Waals surface area contributed by atoms with Gasteiger partial charge >= 0.3 is 5.97 Å². The molecule has 0 radical (unpaired) electrons. The van der Waals surface area contributed by atoms with Crippen LogP contribution in [0, 0.1) is 6.92 Å². The standard InChI is InChI=1S/C15H18N2O5/c1-8-14(15(20)17-16-8)10(7-13(19)22-3)9-4-5-12(21-2)11(18)6-9/h4-6,10,18H,7H2,1-3H3,(H2,16,17,20). The van der Waals surface area contributed by atoms with Crippen LogP contribution in [0.2, 0.25) is 0 Å². The first kappa shape index (κ1) is 15.7. The fourth-order valence-electron chi connectivity index (χ4n) is 2.44. The number of H-pyrrole nitrogens is 2. The quantitative estimate of drug-likeness (QED) is 0.725. The Kier molecular flexibility index (Phi) is 4.55. The number of nitrogens with one attached hydrogen (secondary N) is 2. The largest absolute Gasteiger partial charge is 0.504 e. The maximum absolute atomic E-state index is 12.0. The Labute approximate surface area is 126 Å². The minimum absolute atomic E-state index is 0.00988. The van der Waals surface area contributed by atoms with Crippen molar-refractivity contribution in [3.63, 3.8) is 0 Å². The first-order chi connectivity index (χ1) is 10.5. The number of carbonyl (C=O) groups is 1. The molecule has 7 heteroatoms. The van der Waals surface area contributed by atoms with Crippen molar-refractivity contribution in [3.05, 3.63) is 45.4 Å². The molecule has 2 aromatic rings. The Morgan fingerprint density at radius 3 is 2.55 bits per heavy atom. The summed E-state index contributed by atoms with van der Waals surface area (Å²) in [6.07, 6.45) is -0.00988. The molecule has 0 bridgehead atoms. The third-order valence-corrected chi connectivity index (χ3v) is 3.56. The number of benzene rings is 1. The average molecular weight is 306 g/mol. The molecule has 0 aliphatic rings. The Hall–Kier alpha value is -2.70. The van der Waals surface area contributed by atoms with Crippen molar-refractivity contribution >= 4 is 5.97 Å². The maximum Gasteiger partial charge on any atom is 0.306 e. The zero-order valence-corrected chi connectivity index (χ0v) is 12.6. The molecular formula is C15H18N2O5. The maximum atomic E-state index is 12.0. The van der Waals surface area contributed by atoms with Crippen molar-refractivity contribution in [2.75, 3.05) is 14.2 Å². The highest BCUT2D eigenvalue weighted by molar-refractivity contribution is 5.71. The van der Waals surface area contributed by atoms with Crippen LogP contribution in [0.5, 0.6) is 11.5 Å². The number of phenolic OH excluding ortho intramolecular Hbond substituents is 1. The van der Waals surface area contributed by atoms with Crippen LogP contribution in [0.1, 0.15) is 29.2 Å². The zero-order valence-electron chi connectivity index (χ0n) is 12.6. The molecule has 7 nitrogen and oxygen atoms in total. The van der Waals surface area contributed by atoms with Crippen molar-refractivity contribution in [1.29, 1.82) is 0 Å². The second-order valence-electron chi connectivity index (χ2n) is 4.88. The topological polar surface area (TPSA) is 104 Å². The van der Waals surface area contributed by atoms with E-state index in [2.05, 4.69) is 10.2 Å². The molecule has 1 heterocycles. The predicted octanol–water partition coefficient (Wildman–Crippen LogP) is 1.42. The van der Waals surface area contributed by atoms with Crippen LogP contribution in [0.25, 0.3) is 0 Å². The van der Waals surface area contributed by atoms with Crippen LogP contribution in [0.15, 0.2) is 23.0 Å². The highest BCUT2D eigenvalue weighted by Gasteiger charge is 2.25. The number of aromatic amines is 2. The van der Waals surface area contributed by atoms with E-state index in [4.69, 9.17) is 9.47 Å². The summed E-state index contributed by atoms with van der Waals surface area (Å²) in [5.41, 5.74) is 1.39. The van der Waals surface area contributed by atoms with E-state index in [-0.39, 0.29) is 17.7 Å². The van der Waals surface area contributed by atoms with Gasteiger partial charge in [0, 0.05) is 17.2 Å². The lowest BCUT2D eigenvalue weighted by molar-refractivity contribution is -0.140. The molecule has 1 unspecified atom stereocenters. The first-order valence-corrected chi connectivity index (χ1v) is 6.68. The molecule has 0 aliphatic heterocycles. The fraction of sp³-hybridized carbons (Fsp3) is 0.333. The Bertz CT molecular complexity index is 732. The van der Waals surface area contributed by atoms with Crippen LogP contribution in [-0.4, -0.2) is 35.5 Å². The first-order valence-electron chi connectivity index (χ1n) is 6.68. The van der Waals surface area contributed by atoms with Gasteiger partial charge in [0.15, 0.2) is 11.5 Å². The number of ether oxygens (including phenoxy) is 2. The summed E-state index contributed by atoms with van der Waals surface area (Å²) in [5.74, 6) is -0.709. The normalized spacial score (nSPS) is 12.0. The lowest BCUT2D eigenvalue weighted by Crippen LogP contribution is -2.17. The molecule has 2 rings (SSSR count). The van der Waals surface area contributed by atoms with Crippen molar-refractivity contribution < 1.29 is 19.4 Å². The lowest BCUT2D eigenvalue weighted by atomic mass is 9.88. The third kappa shape index (κ3) is 2.98. The Balaban J connectivity index is 2.51. The van der Waals surface area contributed by atoms with Crippen LogP contribution >= 0.6 is 0 Å². The second kappa shape index (κ2) is 6.38. The molecule has 118 valence electrons. The van der Waals surface area contributed by atoms with Crippen LogP contribution in [0.3, 0.4) is 0 Å². The highest BCUT2D eigenvalue weighted by atomic mass is 16.5. The van der Waals surface area contributed by atoms with E-state index >= 15 is 0 Å². The van der Waals surface area contributed by atoms with Gasteiger partial charge in [-0.25, -0.2) is 0 Å². The molecule has 0 amide bonds. The van der Waals surface area contributed by atoms with Gasteiger partial charge in [0.25, 0.3) is 5.56 Å². The summed E-state index contributed by atoms with van der Waals surface area (Å²) in [6, 6.07) is 4.78. The summed E-state index contributed by atoms with van der Waals surface area (Å²) in [4.78, 5) is 23.7. The zero-order chi connectivity index (χ0) is 16.3. The van der Waals surface area contributed by atoms with E-state index in [1.165, 1.54) is 20.3 Å². The van der Waals surface area contributed by atoms with Gasteiger partial charge in [-0.2, -0.15) is 0 Å². The molecule has 0 fully saturated rings. The molecule has 1 aromatic carbocycles. The number of aromatic hydroxyl groups is 1.